The first-order valence-electron chi connectivity index (χ1n) is 20.7. The van der Waals surface area contributed by atoms with E-state index >= 15 is 0 Å². The van der Waals surface area contributed by atoms with Gasteiger partial charge in [-0.1, -0.05) is 71.4 Å². The summed E-state index contributed by atoms with van der Waals surface area (Å²) in [4.78, 5) is 71.3. The molecule has 0 aromatic rings. The van der Waals surface area contributed by atoms with Gasteiger partial charge in [-0.05, 0) is 57.8 Å². The standard InChI is InChI=1S/C43H76N6O8/c1-13-16-17-19-32(15-3)21-24-45-40(52)31(7)39(56-12)33-20-18-25-49(33)36(51)28-34(55-11)38(30(6)14-2)48(10)41(53)37(29(4)5)46-42(54)43(8,9)47-35(50)22-26-57-27-23-44/h13,15-17,19,29-34,37-39H,3,14,18,20-28,44H2,1-2,4-12H3,(H,45,52)(H,46,54)(H,47,50)/b16-13-,19-17-/t30?,31-,32?,33+,34-,37+,38+,39-/m1/s1. The highest BCUT2D eigenvalue weighted by Crippen LogP contribution is 2.29. The molecule has 14 nitrogen and oxygen atoms in total. The summed E-state index contributed by atoms with van der Waals surface area (Å²) in [6.45, 7) is 20.4. The maximum absolute atomic E-state index is 14.3. The van der Waals surface area contributed by atoms with Gasteiger partial charge in [-0.2, -0.15) is 0 Å². The predicted molar refractivity (Wildman–Crippen MR) is 225 cm³/mol. The van der Waals surface area contributed by atoms with Crippen molar-refractivity contribution in [2.45, 2.75) is 130 Å². The van der Waals surface area contributed by atoms with Crippen LogP contribution < -0.4 is 21.7 Å². The molecule has 57 heavy (non-hydrogen) atoms. The molecule has 0 aromatic carbocycles. The first-order chi connectivity index (χ1) is 26.9. The molecule has 0 spiro atoms. The van der Waals surface area contributed by atoms with Crippen molar-refractivity contribution >= 4 is 29.5 Å². The molecular weight excluding hydrogens is 729 g/mol. The molecule has 5 N–H and O–H groups in total. The van der Waals surface area contributed by atoms with Crippen LogP contribution in [0.2, 0.25) is 0 Å². The number of likely N-dealkylation sites (N-methyl/N-ethyl adjacent to an activating group) is 1. The van der Waals surface area contributed by atoms with E-state index in [1.165, 1.54) is 0 Å². The second-order valence-corrected chi connectivity index (χ2v) is 16.0. The lowest BCUT2D eigenvalue weighted by molar-refractivity contribution is -0.148. The van der Waals surface area contributed by atoms with Crippen molar-refractivity contribution in [3.63, 3.8) is 0 Å². The molecule has 0 aliphatic carbocycles. The number of amides is 5. The van der Waals surface area contributed by atoms with E-state index in [2.05, 4.69) is 22.5 Å². The zero-order chi connectivity index (χ0) is 43.3. The van der Waals surface area contributed by atoms with Crippen molar-refractivity contribution in [2.75, 3.05) is 54.1 Å². The first kappa shape index (κ1) is 51.4. The molecule has 1 aliphatic rings. The summed E-state index contributed by atoms with van der Waals surface area (Å²) in [7, 11) is 4.80. The lowest BCUT2D eigenvalue weighted by Crippen LogP contribution is -2.62. The molecule has 0 aromatic heterocycles. The second-order valence-electron chi connectivity index (χ2n) is 16.0. The van der Waals surface area contributed by atoms with Crippen molar-refractivity contribution < 1.29 is 38.2 Å². The minimum atomic E-state index is -1.31. The zero-order valence-electron chi connectivity index (χ0n) is 36.8. The van der Waals surface area contributed by atoms with E-state index in [4.69, 9.17) is 19.9 Å². The van der Waals surface area contributed by atoms with Gasteiger partial charge < -0.3 is 45.7 Å². The number of rotatable bonds is 27. The van der Waals surface area contributed by atoms with Gasteiger partial charge in [0.15, 0.2) is 0 Å². The fourth-order valence-corrected chi connectivity index (χ4v) is 7.31. The molecule has 0 radical (unpaired) electrons. The molecule has 1 saturated heterocycles. The van der Waals surface area contributed by atoms with Gasteiger partial charge in [-0.3, -0.25) is 24.0 Å². The largest absolute Gasteiger partial charge is 0.380 e. The summed E-state index contributed by atoms with van der Waals surface area (Å²) in [5, 5.41) is 8.66. The van der Waals surface area contributed by atoms with Crippen LogP contribution >= 0.6 is 0 Å². The van der Waals surface area contributed by atoms with Gasteiger partial charge in [-0.25, -0.2) is 0 Å². The normalized spacial score (nSPS) is 18.5. The van der Waals surface area contributed by atoms with Gasteiger partial charge in [0.1, 0.15) is 11.6 Å². The van der Waals surface area contributed by atoms with Crippen molar-refractivity contribution in [2.24, 2.45) is 29.4 Å². The van der Waals surface area contributed by atoms with Gasteiger partial charge in [-0.15, -0.1) is 6.58 Å². The Kier molecular flexibility index (Phi) is 23.8. The van der Waals surface area contributed by atoms with Crippen molar-refractivity contribution in [1.29, 1.82) is 0 Å². The number of methoxy groups -OCH3 is 2. The SMILES string of the molecule is C=CC(/C=C\C=C/C)CCNC(=O)[C@H](C)[C@@H](OC)[C@@H]1CCCN1C(=O)C[C@@H](OC)[C@H](C(C)CC)N(C)C(=O)[C@@H](NC(=O)C(C)(C)NC(=O)CCOCCN)C(C)C. The topological polar surface area (TPSA) is 182 Å². The summed E-state index contributed by atoms with van der Waals surface area (Å²) in [5.41, 5.74) is 4.12. The number of carbonyl (C=O) groups is 5. The number of carbonyl (C=O) groups excluding carboxylic acids is 5. The van der Waals surface area contributed by atoms with Crippen molar-refractivity contribution in [1.82, 2.24) is 25.8 Å². The Bertz CT molecular complexity index is 1340. The smallest absolute Gasteiger partial charge is 0.245 e. The Labute approximate surface area is 343 Å². The fraction of sp³-hybridized carbons (Fsp3) is 0.744. The number of nitrogens with two attached hydrogens (primary N) is 1. The average molecular weight is 805 g/mol. The Morgan fingerprint density at radius 1 is 1.05 bits per heavy atom. The van der Waals surface area contributed by atoms with Crippen LogP contribution in [0.1, 0.15) is 93.9 Å². The quantitative estimate of drug-likeness (QED) is 0.0547. The van der Waals surface area contributed by atoms with E-state index in [1.54, 1.807) is 44.9 Å². The lowest BCUT2D eigenvalue weighted by atomic mass is 9.89. The highest BCUT2D eigenvalue weighted by molar-refractivity contribution is 5.94. The van der Waals surface area contributed by atoms with E-state index in [9.17, 15) is 24.0 Å². The number of ether oxygens (including phenoxy) is 3. The van der Waals surface area contributed by atoms with E-state index < -0.39 is 41.7 Å². The summed E-state index contributed by atoms with van der Waals surface area (Å²) >= 11 is 0. The Morgan fingerprint density at radius 2 is 1.74 bits per heavy atom. The maximum atomic E-state index is 14.3. The molecule has 326 valence electrons. The third-order valence-corrected chi connectivity index (χ3v) is 11.0. The van der Waals surface area contributed by atoms with Gasteiger partial charge in [0, 0.05) is 47.3 Å². The van der Waals surface area contributed by atoms with Gasteiger partial charge in [0.2, 0.25) is 29.5 Å². The molecule has 1 rings (SSSR count). The summed E-state index contributed by atoms with van der Waals surface area (Å²) in [6.07, 6.45) is 11.5. The number of likely N-dealkylation sites (tertiary alicyclic amines) is 1. The van der Waals surface area contributed by atoms with Crippen LogP contribution in [-0.2, 0) is 38.2 Å². The number of allylic oxidation sites excluding steroid dienone is 5. The Balaban J connectivity index is 3.14. The third kappa shape index (κ3) is 16.3. The Hall–Kier alpha value is -3.59. The highest BCUT2D eigenvalue weighted by Gasteiger charge is 2.43. The highest BCUT2D eigenvalue weighted by atomic mass is 16.5. The van der Waals surface area contributed by atoms with E-state index in [-0.39, 0.29) is 66.9 Å². The minimum absolute atomic E-state index is 0.00702. The number of hydrogen-bond acceptors (Lipinski definition) is 9. The molecule has 1 aliphatic heterocycles. The van der Waals surface area contributed by atoms with Gasteiger partial charge >= 0.3 is 0 Å². The molecule has 8 atom stereocenters. The average Bonchev–Trinajstić information content (AvgIpc) is 3.66. The predicted octanol–water partition coefficient (Wildman–Crippen LogP) is 3.75. The van der Waals surface area contributed by atoms with Crippen LogP contribution in [0.5, 0.6) is 0 Å². The lowest BCUT2D eigenvalue weighted by Gasteiger charge is -2.41. The van der Waals surface area contributed by atoms with Crippen LogP contribution in [0, 0.1) is 23.7 Å². The Morgan fingerprint density at radius 3 is 2.30 bits per heavy atom. The third-order valence-electron chi connectivity index (χ3n) is 11.0. The number of hydrogen-bond donors (Lipinski definition) is 4. The van der Waals surface area contributed by atoms with Gasteiger partial charge in [0.25, 0.3) is 0 Å². The maximum Gasteiger partial charge on any atom is 0.245 e. The fourth-order valence-electron chi connectivity index (χ4n) is 7.31. The molecule has 2 unspecified atom stereocenters. The number of nitrogens with one attached hydrogen (secondary N) is 3. The van der Waals surface area contributed by atoms with Crippen LogP contribution in [0.3, 0.4) is 0 Å². The van der Waals surface area contributed by atoms with E-state index in [0.717, 1.165) is 6.42 Å². The van der Waals surface area contributed by atoms with Crippen molar-refractivity contribution in [3.05, 3.63) is 37.0 Å². The summed E-state index contributed by atoms with van der Waals surface area (Å²) in [5.74, 6) is -2.24. The summed E-state index contributed by atoms with van der Waals surface area (Å²) in [6, 6.07) is -1.73. The van der Waals surface area contributed by atoms with Crippen LogP contribution in [0.15, 0.2) is 37.0 Å². The number of nitrogens with zero attached hydrogens (tertiary/aromatic N) is 2. The monoisotopic (exact) mass is 805 g/mol. The van der Waals surface area contributed by atoms with Crippen molar-refractivity contribution in [3.8, 4) is 0 Å². The summed E-state index contributed by atoms with van der Waals surface area (Å²) < 4.78 is 17.2. The van der Waals surface area contributed by atoms with E-state index in [0.29, 0.717) is 45.5 Å². The second kappa shape index (κ2) is 26.4. The molecule has 0 saturated carbocycles. The molecular formula is C43H76N6O8. The molecule has 1 fully saturated rings. The first-order valence-corrected chi connectivity index (χ1v) is 20.7. The molecule has 0 bridgehead atoms. The molecule has 5 amide bonds. The minimum Gasteiger partial charge on any atom is -0.380 e. The van der Waals surface area contributed by atoms with Crippen LogP contribution in [0.4, 0.5) is 0 Å². The molecule has 1 heterocycles. The van der Waals surface area contributed by atoms with Crippen LogP contribution in [-0.4, -0.2) is 129 Å². The van der Waals surface area contributed by atoms with E-state index in [1.807, 2.05) is 71.9 Å². The van der Waals surface area contributed by atoms with Gasteiger partial charge in [0.05, 0.1) is 49.8 Å². The zero-order valence-corrected chi connectivity index (χ0v) is 36.8. The van der Waals surface area contributed by atoms with Crippen LogP contribution in [0.25, 0.3) is 0 Å². The molecule has 14 heteroatoms.